The van der Waals surface area contributed by atoms with Gasteiger partial charge in [0.2, 0.25) is 5.91 Å². The zero-order valence-electron chi connectivity index (χ0n) is 31.7. The number of benzene rings is 4. The smallest absolute Gasteiger partial charge is 0.305 e. The molecule has 4 aromatic carbocycles. The number of methoxy groups -OCH3 is 1. The summed E-state index contributed by atoms with van der Waals surface area (Å²) in [5, 5.41) is 42.4. The lowest BCUT2D eigenvalue weighted by Gasteiger charge is -2.12. The zero-order valence-corrected chi connectivity index (χ0v) is 31.7. The summed E-state index contributed by atoms with van der Waals surface area (Å²) < 4.78 is 4.57. The number of phenolic OH excluding ortho intramolecular Hbond substituents is 1. The van der Waals surface area contributed by atoms with E-state index in [0.29, 0.717) is 54.7 Å². The third kappa shape index (κ3) is 16.6. The quantitative estimate of drug-likeness (QED) is 0.0447. The third-order valence-electron chi connectivity index (χ3n) is 8.09. The second kappa shape index (κ2) is 24.7. The molecule has 0 saturated carbocycles. The van der Waals surface area contributed by atoms with E-state index in [1.165, 1.54) is 13.2 Å². The molecule has 0 heterocycles. The SMILES string of the molecule is CO.COC(=O)CCCCC(=O)Nc1ccccc1C(=O)Nc1ccc(CCCC(=O)O)cc1.Cc1cc(CCC(=O)O)ccc1NC(=O)c1ccccc1O. The van der Waals surface area contributed by atoms with E-state index < -0.39 is 11.9 Å². The molecule has 0 aliphatic heterocycles. The van der Waals surface area contributed by atoms with E-state index >= 15 is 0 Å². The van der Waals surface area contributed by atoms with Gasteiger partial charge in [-0.3, -0.25) is 28.8 Å². The number of carbonyl (C=O) groups excluding carboxylic acids is 4. The molecule has 0 unspecified atom stereocenters. The molecular formula is C42H49N3O11. The van der Waals surface area contributed by atoms with Crippen molar-refractivity contribution in [3.8, 4) is 5.75 Å². The van der Waals surface area contributed by atoms with Gasteiger partial charge in [0.15, 0.2) is 0 Å². The molecule has 7 N–H and O–H groups in total. The molecule has 0 bridgehead atoms. The number of esters is 1. The molecule has 0 aliphatic carbocycles. The number of ether oxygens (including phenoxy) is 1. The van der Waals surface area contributed by atoms with Crippen LogP contribution in [-0.2, 0) is 36.8 Å². The van der Waals surface area contributed by atoms with Crippen molar-refractivity contribution in [2.45, 2.75) is 64.7 Å². The Hall–Kier alpha value is -6.54. The molecule has 3 amide bonds. The van der Waals surface area contributed by atoms with Crippen LogP contribution < -0.4 is 16.0 Å². The van der Waals surface area contributed by atoms with Gasteiger partial charge in [-0.2, -0.15) is 0 Å². The lowest BCUT2D eigenvalue weighted by Crippen LogP contribution is -2.18. The zero-order chi connectivity index (χ0) is 41.5. The van der Waals surface area contributed by atoms with Gasteiger partial charge in [0.05, 0.1) is 23.9 Å². The Kier molecular flexibility index (Phi) is 20.1. The van der Waals surface area contributed by atoms with Crippen molar-refractivity contribution < 1.29 is 53.9 Å². The highest BCUT2D eigenvalue weighted by molar-refractivity contribution is 6.10. The predicted octanol–water partition coefficient (Wildman–Crippen LogP) is 6.60. The van der Waals surface area contributed by atoms with E-state index in [1.807, 2.05) is 25.1 Å². The maximum absolute atomic E-state index is 12.7. The average molecular weight is 772 g/mol. The molecule has 14 heteroatoms. The van der Waals surface area contributed by atoms with Gasteiger partial charge in [0.25, 0.3) is 11.8 Å². The number of phenols is 1. The Labute approximate surface area is 325 Å². The van der Waals surface area contributed by atoms with Crippen LogP contribution in [-0.4, -0.2) is 70.3 Å². The fraction of sp³-hybridized carbons (Fsp3) is 0.286. The molecule has 0 fully saturated rings. The summed E-state index contributed by atoms with van der Waals surface area (Å²) in [5.41, 5.74) is 4.91. The number of aliphatic hydroxyl groups is 1. The van der Waals surface area contributed by atoms with Crippen LogP contribution in [0.4, 0.5) is 17.1 Å². The van der Waals surface area contributed by atoms with Gasteiger partial charge < -0.3 is 41.1 Å². The Morgan fingerprint density at radius 1 is 0.589 bits per heavy atom. The lowest BCUT2D eigenvalue weighted by molar-refractivity contribution is -0.141. The van der Waals surface area contributed by atoms with Crippen molar-refractivity contribution >= 4 is 52.7 Å². The molecule has 14 nitrogen and oxygen atoms in total. The molecule has 0 aliphatic rings. The van der Waals surface area contributed by atoms with Gasteiger partial charge in [0.1, 0.15) is 5.75 Å². The number of rotatable bonds is 17. The number of para-hydroxylation sites is 2. The second-order valence-corrected chi connectivity index (χ2v) is 12.3. The first-order valence-corrected chi connectivity index (χ1v) is 17.8. The maximum Gasteiger partial charge on any atom is 0.305 e. The number of carboxylic acids is 2. The highest BCUT2D eigenvalue weighted by Gasteiger charge is 2.15. The van der Waals surface area contributed by atoms with E-state index in [9.17, 15) is 33.9 Å². The molecule has 0 atom stereocenters. The Balaban J connectivity index is 0.000000393. The normalized spacial score (nSPS) is 10.0. The van der Waals surface area contributed by atoms with Crippen LogP contribution in [0.15, 0.2) is 91.0 Å². The van der Waals surface area contributed by atoms with Gasteiger partial charge in [-0.15, -0.1) is 0 Å². The highest BCUT2D eigenvalue weighted by atomic mass is 16.5. The first kappa shape index (κ1) is 45.6. The monoisotopic (exact) mass is 771 g/mol. The molecular weight excluding hydrogens is 722 g/mol. The minimum atomic E-state index is -0.838. The molecule has 4 aromatic rings. The van der Waals surface area contributed by atoms with Crippen LogP contribution in [0, 0.1) is 6.92 Å². The summed E-state index contributed by atoms with van der Waals surface area (Å²) in [4.78, 5) is 69.4. The Bertz CT molecular complexity index is 1930. The van der Waals surface area contributed by atoms with E-state index in [2.05, 4.69) is 20.7 Å². The topological polar surface area (TPSA) is 229 Å². The number of unbranched alkanes of at least 4 members (excludes halogenated alkanes) is 1. The van der Waals surface area contributed by atoms with E-state index in [-0.39, 0.29) is 60.7 Å². The van der Waals surface area contributed by atoms with Gasteiger partial charge in [-0.05, 0) is 98.2 Å². The van der Waals surface area contributed by atoms with Crippen LogP contribution in [0.25, 0.3) is 0 Å². The van der Waals surface area contributed by atoms with E-state index in [1.54, 1.807) is 66.7 Å². The van der Waals surface area contributed by atoms with Crippen LogP contribution in [0.2, 0.25) is 0 Å². The number of amides is 3. The van der Waals surface area contributed by atoms with E-state index in [0.717, 1.165) is 23.8 Å². The number of hydrogen-bond donors (Lipinski definition) is 7. The molecule has 0 saturated heterocycles. The number of hydrogen-bond acceptors (Lipinski definition) is 9. The average Bonchev–Trinajstić information content (AvgIpc) is 3.18. The first-order valence-electron chi connectivity index (χ1n) is 17.8. The minimum absolute atomic E-state index is 0.0725. The number of aromatic hydroxyl groups is 1. The fourth-order valence-corrected chi connectivity index (χ4v) is 5.18. The number of aliphatic hydroxyl groups excluding tert-OH is 1. The minimum Gasteiger partial charge on any atom is -0.507 e. The highest BCUT2D eigenvalue weighted by Crippen LogP contribution is 2.22. The van der Waals surface area contributed by atoms with Crippen molar-refractivity contribution in [1.82, 2.24) is 0 Å². The third-order valence-corrected chi connectivity index (χ3v) is 8.09. The largest absolute Gasteiger partial charge is 0.507 e. The van der Waals surface area contributed by atoms with Gasteiger partial charge in [0, 0.05) is 44.2 Å². The summed E-state index contributed by atoms with van der Waals surface area (Å²) in [6, 6.07) is 25.6. The number of aryl methyl sites for hydroxylation is 3. The van der Waals surface area contributed by atoms with Crippen molar-refractivity contribution in [3.05, 3.63) is 119 Å². The lowest BCUT2D eigenvalue weighted by atomic mass is 10.1. The number of aliphatic carboxylic acids is 2. The van der Waals surface area contributed by atoms with Gasteiger partial charge in [-0.1, -0.05) is 48.5 Å². The standard InChI is InChI=1S/C24H28N2O6.C17H17NO4.CH4O/c1-32-23(30)12-5-4-10-21(27)26-20-9-3-2-8-19(20)24(31)25-18-15-13-17(14-16-18)7-6-11-22(28)29;1-11-10-12(7-9-16(20)21)6-8-14(11)18-17(22)13-4-2-3-5-15(13)19;1-2/h2-3,8-9,13-16H,4-7,10-12H2,1H3,(H,25,31)(H,26,27)(H,28,29);2-6,8,10,19H,7,9H2,1H3,(H,18,22)(H,20,21);2H,1H3. The van der Waals surface area contributed by atoms with E-state index in [4.69, 9.17) is 15.3 Å². The molecule has 56 heavy (non-hydrogen) atoms. The van der Waals surface area contributed by atoms with Crippen LogP contribution in [0.5, 0.6) is 5.75 Å². The second-order valence-electron chi connectivity index (χ2n) is 12.3. The fourth-order valence-electron chi connectivity index (χ4n) is 5.18. The van der Waals surface area contributed by atoms with Crippen LogP contribution >= 0.6 is 0 Å². The molecule has 0 radical (unpaired) electrons. The molecule has 298 valence electrons. The van der Waals surface area contributed by atoms with Crippen molar-refractivity contribution in [2.75, 3.05) is 30.2 Å². The number of carbonyl (C=O) groups is 6. The number of carboxylic acid groups (broad SMARTS) is 2. The van der Waals surface area contributed by atoms with Gasteiger partial charge >= 0.3 is 17.9 Å². The van der Waals surface area contributed by atoms with Crippen molar-refractivity contribution in [1.29, 1.82) is 0 Å². The molecule has 0 aromatic heterocycles. The predicted molar refractivity (Wildman–Crippen MR) is 212 cm³/mol. The summed E-state index contributed by atoms with van der Waals surface area (Å²) in [5.74, 6) is -3.02. The summed E-state index contributed by atoms with van der Waals surface area (Å²) in [6.07, 6.45) is 3.42. The van der Waals surface area contributed by atoms with Crippen LogP contribution in [0.1, 0.15) is 82.4 Å². The Morgan fingerprint density at radius 2 is 1.18 bits per heavy atom. The Morgan fingerprint density at radius 3 is 1.80 bits per heavy atom. The van der Waals surface area contributed by atoms with Gasteiger partial charge in [-0.25, -0.2) is 0 Å². The first-order chi connectivity index (χ1) is 26.9. The molecule has 0 spiro atoms. The molecule has 4 rings (SSSR count). The summed E-state index contributed by atoms with van der Waals surface area (Å²) in [6.45, 7) is 1.84. The van der Waals surface area contributed by atoms with Crippen molar-refractivity contribution in [2.24, 2.45) is 0 Å². The number of anilines is 3. The van der Waals surface area contributed by atoms with Crippen LogP contribution in [0.3, 0.4) is 0 Å². The maximum atomic E-state index is 12.7. The number of nitrogens with one attached hydrogen (secondary N) is 3. The summed E-state index contributed by atoms with van der Waals surface area (Å²) in [7, 11) is 2.33. The summed E-state index contributed by atoms with van der Waals surface area (Å²) >= 11 is 0. The van der Waals surface area contributed by atoms with Crippen molar-refractivity contribution in [3.63, 3.8) is 0 Å².